The first-order chi connectivity index (χ1) is 6.88. The van der Waals surface area contributed by atoms with E-state index in [2.05, 4.69) is 4.98 Å². The van der Waals surface area contributed by atoms with Gasteiger partial charge in [0.1, 0.15) is 5.82 Å². The van der Waals surface area contributed by atoms with Gasteiger partial charge in [0.25, 0.3) is 0 Å². The van der Waals surface area contributed by atoms with Crippen LogP contribution in [0.25, 0.3) is 0 Å². The minimum atomic E-state index is -4.21. The van der Waals surface area contributed by atoms with Crippen LogP contribution in [0.4, 0.5) is 13.2 Å². The molecule has 15 heavy (non-hydrogen) atoms. The van der Waals surface area contributed by atoms with Crippen molar-refractivity contribution in [2.45, 2.75) is 31.5 Å². The van der Waals surface area contributed by atoms with Gasteiger partial charge in [0.15, 0.2) is 0 Å². The molecule has 0 aliphatic heterocycles. The Morgan fingerprint density at radius 3 is 2.67 bits per heavy atom. The van der Waals surface area contributed by atoms with Gasteiger partial charge in [0.2, 0.25) is 0 Å². The van der Waals surface area contributed by atoms with E-state index >= 15 is 0 Å². The third kappa shape index (κ3) is 4.33. The summed E-state index contributed by atoms with van der Waals surface area (Å²) in [6.07, 6.45) is -3.05. The van der Waals surface area contributed by atoms with Crippen molar-refractivity contribution in [3.63, 3.8) is 0 Å². The molecule has 0 amide bonds. The minimum Gasteiger partial charge on any atom is -0.393 e. The van der Waals surface area contributed by atoms with Crippen LogP contribution in [0.2, 0.25) is 0 Å². The Balaban J connectivity index is 2.37. The van der Waals surface area contributed by atoms with Crippen LogP contribution in [0, 0.1) is 0 Å². The topological polar surface area (TPSA) is 38.0 Å². The number of hydrogen-bond acceptors (Lipinski definition) is 2. The largest absolute Gasteiger partial charge is 0.393 e. The first kappa shape index (κ1) is 12.0. The fraction of sp³-hybridized carbons (Fsp3) is 0.667. The van der Waals surface area contributed by atoms with Gasteiger partial charge >= 0.3 is 6.18 Å². The first-order valence-corrected chi connectivity index (χ1v) is 4.59. The maximum Gasteiger partial charge on any atom is 0.389 e. The molecule has 0 saturated carbocycles. The second kappa shape index (κ2) is 4.65. The van der Waals surface area contributed by atoms with Crippen molar-refractivity contribution in [2.75, 3.05) is 0 Å². The van der Waals surface area contributed by atoms with E-state index in [1.807, 2.05) is 0 Å². The molecule has 0 aliphatic carbocycles. The van der Waals surface area contributed by atoms with Crippen LogP contribution >= 0.6 is 0 Å². The van der Waals surface area contributed by atoms with E-state index in [9.17, 15) is 18.3 Å². The molecule has 1 N–H and O–H groups in total. The van der Waals surface area contributed by atoms with E-state index in [1.54, 1.807) is 24.0 Å². The van der Waals surface area contributed by atoms with Gasteiger partial charge in [-0.2, -0.15) is 13.2 Å². The molecule has 0 bridgehead atoms. The fourth-order valence-electron chi connectivity index (χ4n) is 1.24. The summed E-state index contributed by atoms with van der Waals surface area (Å²) < 4.78 is 37.2. The molecule has 0 fully saturated rings. The zero-order chi connectivity index (χ0) is 11.5. The van der Waals surface area contributed by atoms with E-state index in [4.69, 9.17) is 0 Å². The Hall–Kier alpha value is -1.04. The van der Waals surface area contributed by atoms with Gasteiger partial charge < -0.3 is 9.67 Å². The highest BCUT2D eigenvalue weighted by Gasteiger charge is 2.28. The average Bonchev–Trinajstić information content (AvgIpc) is 2.47. The minimum absolute atomic E-state index is 0.152. The van der Waals surface area contributed by atoms with Crippen molar-refractivity contribution in [1.82, 2.24) is 9.55 Å². The predicted octanol–water partition coefficient (Wildman–Crippen LogP) is 1.67. The van der Waals surface area contributed by atoms with Crippen LogP contribution in [-0.4, -0.2) is 26.9 Å². The van der Waals surface area contributed by atoms with Crippen molar-refractivity contribution in [2.24, 2.45) is 7.05 Å². The van der Waals surface area contributed by atoms with Crippen molar-refractivity contribution in [1.29, 1.82) is 0 Å². The summed E-state index contributed by atoms with van der Waals surface area (Å²) in [7, 11) is 1.73. The standard InChI is InChI=1S/C9H13F3N2O/c1-14-5-4-13-8(14)6-7(15)2-3-9(10,11)12/h4-5,7,15H,2-3,6H2,1H3. The highest BCUT2D eigenvalue weighted by atomic mass is 19.4. The van der Waals surface area contributed by atoms with Crippen LogP contribution in [0.1, 0.15) is 18.7 Å². The summed E-state index contributed by atoms with van der Waals surface area (Å²) in [6.45, 7) is 0. The van der Waals surface area contributed by atoms with E-state index < -0.39 is 18.7 Å². The lowest BCUT2D eigenvalue weighted by Crippen LogP contribution is -2.18. The van der Waals surface area contributed by atoms with Gasteiger partial charge in [-0.15, -0.1) is 0 Å². The van der Waals surface area contributed by atoms with Crippen molar-refractivity contribution in [3.05, 3.63) is 18.2 Å². The SMILES string of the molecule is Cn1ccnc1CC(O)CCC(F)(F)F. The zero-order valence-corrected chi connectivity index (χ0v) is 8.33. The molecule has 1 aromatic rings. The molecule has 0 aliphatic rings. The molecule has 1 heterocycles. The number of aromatic nitrogens is 2. The second-order valence-corrected chi connectivity index (χ2v) is 3.47. The lowest BCUT2D eigenvalue weighted by Gasteiger charge is -2.11. The monoisotopic (exact) mass is 222 g/mol. The predicted molar refractivity (Wildman–Crippen MR) is 48.2 cm³/mol. The lowest BCUT2D eigenvalue weighted by molar-refractivity contribution is -0.139. The number of aliphatic hydroxyl groups excluding tert-OH is 1. The Bertz CT molecular complexity index is 309. The highest BCUT2D eigenvalue weighted by molar-refractivity contribution is 4.92. The number of imidazole rings is 1. The molecule has 0 spiro atoms. The quantitative estimate of drug-likeness (QED) is 0.841. The van der Waals surface area contributed by atoms with Gasteiger partial charge in [-0.05, 0) is 6.42 Å². The summed E-state index contributed by atoms with van der Waals surface area (Å²) in [6, 6.07) is 0. The van der Waals surface area contributed by atoms with E-state index in [0.717, 1.165) is 0 Å². The summed E-state index contributed by atoms with van der Waals surface area (Å²) in [5.41, 5.74) is 0. The van der Waals surface area contributed by atoms with E-state index in [0.29, 0.717) is 5.82 Å². The number of alkyl halides is 3. The molecule has 0 saturated heterocycles. The Morgan fingerprint density at radius 1 is 1.53 bits per heavy atom. The van der Waals surface area contributed by atoms with Crippen LogP contribution in [0.3, 0.4) is 0 Å². The summed E-state index contributed by atoms with van der Waals surface area (Å²) in [5, 5.41) is 9.36. The Morgan fingerprint density at radius 2 is 2.20 bits per heavy atom. The smallest absolute Gasteiger partial charge is 0.389 e. The van der Waals surface area contributed by atoms with Crippen molar-refractivity contribution >= 4 is 0 Å². The molecule has 0 radical (unpaired) electrons. The molecule has 0 aromatic carbocycles. The number of rotatable bonds is 4. The third-order valence-electron chi connectivity index (χ3n) is 2.10. The normalized spacial score (nSPS) is 14.2. The highest BCUT2D eigenvalue weighted by Crippen LogP contribution is 2.22. The van der Waals surface area contributed by atoms with Crippen LogP contribution in [0.5, 0.6) is 0 Å². The van der Waals surface area contributed by atoms with Crippen LogP contribution in [-0.2, 0) is 13.5 Å². The summed E-state index contributed by atoms with van der Waals surface area (Å²) in [4.78, 5) is 3.92. The number of nitrogens with zero attached hydrogens (tertiary/aromatic N) is 2. The number of hydrogen-bond donors (Lipinski definition) is 1. The van der Waals surface area contributed by atoms with E-state index in [-0.39, 0.29) is 12.8 Å². The summed E-state index contributed by atoms with van der Waals surface area (Å²) >= 11 is 0. The molecular formula is C9H13F3N2O. The maximum absolute atomic E-state index is 11.8. The van der Waals surface area contributed by atoms with Crippen molar-refractivity contribution < 1.29 is 18.3 Å². The number of halogens is 3. The van der Waals surface area contributed by atoms with Gasteiger partial charge in [0, 0.05) is 32.3 Å². The summed E-state index contributed by atoms with van der Waals surface area (Å²) in [5.74, 6) is 0.588. The van der Waals surface area contributed by atoms with Crippen LogP contribution in [0.15, 0.2) is 12.4 Å². The number of aryl methyl sites for hydroxylation is 1. The third-order valence-corrected chi connectivity index (χ3v) is 2.10. The Labute approximate surface area is 85.6 Å². The molecule has 86 valence electrons. The first-order valence-electron chi connectivity index (χ1n) is 4.59. The van der Waals surface area contributed by atoms with Gasteiger partial charge in [-0.1, -0.05) is 0 Å². The van der Waals surface area contributed by atoms with Gasteiger partial charge in [-0.25, -0.2) is 4.98 Å². The molecule has 6 heteroatoms. The maximum atomic E-state index is 11.8. The zero-order valence-electron chi connectivity index (χ0n) is 8.33. The molecule has 1 aromatic heterocycles. The molecule has 3 nitrogen and oxygen atoms in total. The lowest BCUT2D eigenvalue weighted by atomic mass is 10.1. The second-order valence-electron chi connectivity index (χ2n) is 3.47. The molecule has 1 rings (SSSR count). The van der Waals surface area contributed by atoms with E-state index in [1.165, 1.54) is 0 Å². The number of aliphatic hydroxyl groups is 1. The average molecular weight is 222 g/mol. The molecular weight excluding hydrogens is 209 g/mol. The van der Waals surface area contributed by atoms with Crippen LogP contribution < -0.4 is 0 Å². The fourth-order valence-corrected chi connectivity index (χ4v) is 1.24. The Kier molecular flexibility index (Phi) is 3.73. The molecule has 1 unspecified atom stereocenters. The van der Waals surface area contributed by atoms with Gasteiger partial charge in [0.05, 0.1) is 6.10 Å². The molecule has 1 atom stereocenters. The van der Waals surface area contributed by atoms with Crippen molar-refractivity contribution in [3.8, 4) is 0 Å². The van der Waals surface area contributed by atoms with Gasteiger partial charge in [-0.3, -0.25) is 0 Å².